The monoisotopic (exact) mass is 231 g/mol. The highest BCUT2D eigenvalue weighted by molar-refractivity contribution is 6.31. The number of rotatable bonds is 1. The molecule has 0 atom stereocenters. The molecule has 0 saturated carbocycles. The van der Waals surface area contributed by atoms with Gasteiger partial charge in [-0.05, 0) is 12.1 Å². The van der Waals surface area contributed by atoms with Crippen LogP contribution < -0.4 is 0 Å². The maximum atomic E-state index is 12.1. The molecule has 0 radical (unpaired) electrons. The van der Waals surface area contributed by atoms with Crippen molar-refractivity contribution in [2.75, 3.05) is 0 Å². The van der Waals surface area contributed by atoms with Crippen LogP contribution in [0.25, 0.3) is 0 Å². The van der Waals surface area contributed by atoms with Crippen LogP contribution in [0.4, 0.5) is 22.0 Å². The Kier molecular flexibility index (Phi) is 2.94. The van der Waals surface area contributed by atoms with Crippen molar-refractivity contribution in [2.45, 2.75) is 12.6 Å². The first-order chi connectivity index (χ1) is 6.32. The maximum Gasteiger partial charge on any atom is 0.433 e. The van der Waals surface area contributed by atoms with Gasteiger partial charge in [0.2, 0.25) is 0 Å². The van der Waals surface area contributed by atoms with Crippen LogP contribution in [-0.2, 0) is 6.18 Å². The Hall–Kier alpha value is -0.910. The summed E-state index contributed by atoms with van der Waals surface area (Å²) in [7, 11) is 0. The zero-order valence-electron chi connectivity index (χ0n) is 6.45. The Labute approximate surface area is 80.5 Å². The van der Waals surface area contributed by atoms with Crippen LogP contribution in [0.1, 0.15) is 17.8 Å². The number of nitrogens with zero attached hydrogens (tertiary/aromatic N) is 1. The van der Waals surface area contributed by atoms with E-state index in [1.807, 2.05) is 0 Å². The molecule has 1 rings (SSSR count). The van der Waals surface area contributed by atoms with Crippen LogP contribution in [-0.4, -0.2) is 4.98 Å². The molecule has 0 spiro atoms. The average Bonchev–Trinajstić information content (AvgIpc) is 2.02. The fourth-order valence-electron chi connectivity index (χ4n) is 0.769. The zero-order chi connectivity index (χ0) is 10.9. The minimum Gasteiger partial charge on any atom is -0.241 e. The van der Waals surface area contributed by atoms with Crippen molar-refractivity contribution >= 4 is 11.6 Å². The molecule has 0 aromatic carbocycles. The third-order valence-corrected chi connectivity index (χ3v) is 1.69. The normalized spacial score (nSPS) is 12.2. The summed E-state index contributed by atoms with van der Waals surface area (Å²) in [5.41, 5.74) is -2.43. The Balaban J connectivity index is 3.20. The van der Waals surface area contributed by atoms with Gasteiger partial charge < -0.3 is 0 Å². The molecule has 0 aliphatic carbocycles. The summed E-state index contributed by atoms with van der Waals surface area (Å²) in [6.45, 7) is 0. The minimum atomic E-state index is -4.74. The Bertz CT molecular complexity index is 335. The van der Waals surface area contributed by atoms with Crippen molar-refractivity contribution in [1.82, 2.24) is 4.98 Å². The minimum absolute atomic E-state index is 0.479. The molecule has 0 bridgehead atoms. The van der Waals surface area contributed by atoms with E-state index in [0.29, 0.717) is 6.07 Å². The van der Waals surface area contributed by atoms with E-state index in [4.69, 9.17) is 11.6 Å². The summed E-state index contributed by atoms with van der Waals surface area (Å²) in [6, 6.07) is 1.30. The van der Waals surface area contributed by atoms with Gasteiger partial charge in [0.05, 0.1) is 5.02 Å². The molecule has 0 aliphatic heterocycles. The molecule has 1 nitrogen and oxygen atoms in total. The van der Waals surface area contributed by atoms with E-state index in [2.05, 4.69) is 4.98 Å². The average molecular weight is 232 g/mol. The molecular weight excluding hydrogens is 229 g/mol. The van der Waals surface area contributed by atoms with Crippen molar-refractivity contribution < 1.29 is 22.0 Å². The lowest BCUT2D eigenvalue weighted by Gasteiger charge is -2.08. The lowest BCUT2D eigenvalue weighted by atomic mass is 10.3. The molecule has 0 N–H and O–H groups in total. The molecule has 78 valence electrons. The fraction of sp³-hybridized carbons (Fsp3) is 0.286. The Morgan fingerprint density at radius 2 is 1.79 bits per heavy atom. The molecule has 7 heteroatoms. The summed E-state index contributed by atoms with van der Waals surface area (Å²) in [5.74, 6) is 0. The molecule has 14 heavy (non-hydrogen) atoms. The van der Waals surface area contributed by atoms with Crippen molar-refractivity contribution in [1.29, 1.82) is 0 Å². The second-order valence-corrected chi connectivity index (χ2v) is 2.77. The molecular formula is C7H3ClF5N. The number of halogens is 6. The lowest BCUT2D eigenvalue weighted by Crippen LogP contribution is -2.09. The molecule has 1 aromatic heterocycles. The first-order valence-corrected chi connectivity index (χ1v) is 3.72. The smallest absolute Gasteiger partial charge is 0.241 e. The number of aromatic nitrogens is 1. The van der Waals surface area contributed by atoms with E-state index >= 15 is 0 Å². The van der Waals surface area contributed by atoms with Gasteiger partial charge in [-0.25, -0.2) is 13.8 Å². The number of hydrogen-bond acceptors (Lipinski definition) is 1. The van der Waals surface area contributed by atoms with Gasteiger partial charge in [-0.15, -0.1) is 0 Å². The van der Waals surface area contributed by atoms with E-state index in [-0.39, 0.29) is 0 Å². The zero-order valence-corrected chi connectivity index (χ0v) is 7.20. The standard InChI is InChI=1S/C7H3ClF5N/c8-3-1-2-4(7(11,12)13)14-5(3)6(9)10/h1-2,6H. The molecule has 0 saturated heterocycles. The van der Waals surface area contributed by atoms with Gasteiger partial charge in [0.1, 0.15) is 11.4 Å². The number of hydrogen-bond donors (Lipinski definition) is 0. The van der Waals surface area contributed by atoms with Crippen molar-refractivity contribution in [3.8, 4) is 0 Å². The van der Waals surface area contributed by atoms with Crippen molar-refractivity contribution in [3.05, 3.63) is 28.5 Å². The molecule has 1 heterocycles. The summed E-state index contributed by atoms with van der Waals surface area (Å²) >= 11 is 5.23. The Morgan fingerprint density at radius 3 is 2.21 bits per heavy atom. The van der Waals surface area contributed by atoms with Gasteiger partial charge in [0, 0.05) is 0 Å². The van der Waals surface area contributed by atoms with Crippen LogP contribution in [0, 0.1) is 0 Å². The second-order valence-electron chi connectivity index (χ2n) is 2.36. The van der Waals surface area contributed by atoms with Crippen LogP contribution >= 0.6 is 11.6 Å². The predicted octanol–water partition coefficient (Wildman–Crippen LogP) is 3.69. The third kappa shape index (κ3) is 2.31. The van der Waals surface area contributed by atoms with Crippen LogP contribution in [0.5, 0.6) is 0 Å². The van der Waals surface area contributed by atoms with Gasteiger partial charge in [0.25, 0.3) is 6.43 Å². The molecule has 0 aliphatic rings. The summed E-state index contributed by atoms with van der Waals surface area (Å²) in [6.07, 6.45) is -7.86. The van der Waals surface area contributed by atoms with Gasteiger partial charge in [-0.2, -0.15) is 13.2 Å². The topological polar surface area (TPSA) is 12.9 Å². The van der Waals surface area contributed by atoms with E-state index in [9.17, 15) is 22.0 Å². The molecule has 0 fully saturated rings. The first kappa shape index (κ1) is 11.2. The molecule has 0 unspecified atom stereocenters. The maximum absolute atomic E-state index is 12.1. The third-order valence-electron chi connectivity index (χ3n) is 1.37. The summed E-state index contributed by atoms with van der Waals surface area (Å²) in [5, 5.41) is -0.479. The van der Waals surface area contributed by atoms with Gasteiger partial charge in [-0.3, -0.25) is 0 Å². The lowest BCUT2D eigenvalue weighted by molar-refractivity contribution is -0.141. The first-order valence-electron chi connectivity index (χ1n) is 3.34. The fourth-order valence-corrected chi connectivity index (χ4v) is 0.957. The SMILES string of the molecule is FC(F)c1nc(C(F)(F)F)ccc1Cl. The van der Waals surface area contributed by atoms with Crippen LogP contribution in [0.2, 0.25) is 5.02 Å². The van der Waals surface area contributed by atoms with Crippen LogP contribution in [0.15, 0.2) is 12.1 Å². The molecule has 0 amide bonds. The number of alkyl halides is 5. The van der Waals surface area contributed by atoms with Crippen molar-refractivity contribution in [3.63, 3.8) is 0 Å². The molecule has 1 aromatic rings. The highest BCUT2D eigenvalue weighted by atomic mass is 35.5. The van der Waals surface area contributed by atoms with E-state index in [1.54, 1.807) is 0 Å². The summed E-state index contributed by atoms with van der Waals surface area (Å²) < 4.78 is 60.2. The predicted molar refractivity (Wildman–Crippen MR) is 39.2 cm³/mol. The van der Waals surface area contributed by atoms with Crippen molar-refractivity contribution in [2.24, 2.45) is 0 Å². The quantitative estimate of drug-likeness (QED) is 0.672. The highest BCUT2D eigenvalue weighted by Crippen LogP contribution is 2.32. The van der Waals surface area contributed by atoms with Gasteiger partial charge >= 0.3 is 6.18 Å². The largest absolute Gasteiger partial charge is 0.433 e. The number of pyridine rings is 1. The van der Waals surface area contributed by atoms with E-state index in [0.717, 1.165) is 6.07 Å². The van der Waals surface area contributed by atoms with E-state index in [1.165, 1.54) is 0 Å². The van der Waals surface area contributed by atoms with Gasteiger partial charge in [-0.1, -0.05) is 11.6 Å². The van der Waals surface area contributed by atoms with Crippen LogP contribution in [0.3, 0.4) is 0 Å². The highest BCUT2D eigenvalue weighted by Gasteiger charge is 2.33. The second kappa shape index (κ2) is 3.68. The van der Waals surface area contributed by atoms with E-state index < -0.39 is 29.0 Å². The van der Waals surface area contributed by atoms with Gasteiger partial charge in [0.15, 0.2) is 0 Å². The Morgan fingerprint density at radius 1 is 1.21 bits per heavy atom. The summed E-state index contributed by atoms with van der Waals surface area (Å²) in [4.78, 5) is 2.74.